The Bertz CT molecular complexity index is 1420. The third kappa shape index (κ3) is 5.21. The highest BCUT2D eigenvalue weighted by Gasteiger charge is 2.21. The zero-order valence-electron chi connectivity index (χ0n) is 19.4. The van der Waals surface area contributed by atoms with Crippen molar-refractivity contribution in [3.05, 3.63) is 95.2 Å². The minimum Gasteiger partial charge on any atom is -0.380 e. The molecule has 182 valence electrons. The first-order valence-electron chi connectivity index (χ1n) is 11.6. The van der Waals surface area contributed by atoms with Crippen LogP contribution in [0.5, 0.6) is 0 Å². The van der Waals surface area contributed by atoms with Gasteiger partial charge < -0.3 is 4.84 Å². The van der Waals surface area contributed by atoms with E-state index in [0.29, 0.717) is 17.2 Å². The predicted molar refractivity (Wildman–Crippen MR) is 128 cm³/mol. The van der Waals surface area contributed by atoms with E-state index in [9.17, 15) is 8.78 Å². The van der Waals surface area contributed by atoms with Gasteiger partial charge in [0.2, 0.25) is 6.61 Å². The molecule has 5 rings (SSSR count). The monoisotopic (exact) mass is 487 g/mol. The zero-order chi connectivity index (χ0) is 24.9. The molecule has 1 saturated heterocycles. The topological polar surface area (TPSA) is 91.7 Å². The Morgan fingerprint density at radius 2 is 1.94 bits per heavy atom. The Hall–Kier alpha value is -4.23. The minimum absolute atomic E-state index is 0.223. The lowest BCUT2D eigenvalue weighted by atomic mass is 9.90. The molecular formula is C26H23F2N7O. The molecule has 0 aliphatic carbocycles. The molecule has 1 aliphatic rings. The van der Waals surface area contributed by atoms with Gasteiger partial charge in [-0.15, -0.1) is 0 Å². The average Bonchev–Trinajstić information content (AvgIpc) is 3.38. The highest BCUT2D eigenvalue weighted by molar-refractivity contribution is 6.11. The van der Waals surface area contributed by atoms with Gasteiger partial charge in [-0.05, 0) is 79.4 Å². The van der Waals surface area contributed by atoms with E-state index >= 15 is 0 Å². The molecule has 3 aromatic heterocycles. The second-order valence-electron chi connectivity index (χ2n) is 8.63. The summed E-state index contributed by atoms with van der Waals surface area (Å²) in [6.45, 7) is 2.42. The summed E-state index contributed by atoms with van der Waals surface area (Å²) < 4.78 is 29.0. The van der Waals surface area contributed by atoms with E-state index in [1.807, 2.05) is 18.3 Å². The first kappa shape index (κ1) is 23.5. The minimum atomic E-state index is -0.998. The van der Waals surface area contributed by atoms with Crippen molar-refractivity contribution < 1.29 is 13.6 Å². The molecule has 36 heavy (non-hydrogen) atoms. The fraction of sp³-hybridized carbons (Fsp3) is 0.269. The summed E-state index contributed by atoms with van der Waals surface area (Å²) >= 11 is 0. The summed E-state index contributed by atoms with van der Waals surface area (Å²) in [7, 11) is 0. The van der Waals surface area contributed by atoms with Crippen LogP contribution in [0.25, 0.3) is 5.65 Å². The maximum absolute atomic E-state index is 13.8. The molecule has 4 aromatic rings. The number of aromatic nitrogens is 4. The van der Waals surface area contributed by atoms with E-state index in [-0.39, 0.29) is 12.3 Å². The van der Waals surface area contributed by atoms with Crippen LogP contribution in [0.1, 0.15) is 41.1 Å². The van der Waals surface area contributed by atoms with Crippen LogP contribution in [-0.2, 0) is 11.4 Å². The molecule has 0 N–H and O–H groups in total. The number of oxime groups is 1. The van der Waals surface area contributed by atoms with Crippen LogP contribution in [-0.4, -0.2) is 49.9 Å². The molecule has 0 atom stereocenters. The molecule has 10 heteroatoms. The van der Waals surface area contributed by atoms with Gasteiger partial charge in [-0.1, -0.05) is 11.2 Å². The second-order valence-corrected chi connectivity index (χ2v) is 8.63. The largest absolute Gasteiger partial charge is 0.380 e. The molecule has 1 aliphatic heterocycles. The van der Waals surface area contributed by atoms with Crippen LogP contribution in [0.4, 0.5) is 8.78 Å². The lowest BCUT2D eigenvalue weighted by Crippen LogP contribution is -2.32. The van der Waals surface area contributed by atoms with Gasteiger partial charge in [-0.2, -0.15) is 10.4 Å². The van der Waals surface area contributed by atoms with E-state index in [1.165, 1.54) is 11.6 Å². The standard InChI is InChI=1S/C26H23F2N7O/c27-22-3-2-21(13-23(22)28)26(33-36-12-8-29)24-4-1-18(15-30-24)16-34-9-5-19(6-10-34)20-7-11-35-25(14-20)31-17-32-35/h1-4,7,11,13-15,17,19H,5-6,9-10,12,16H2/b33-26+. The van der Waals surface area contributed by atoms with Gasteiger partial charge >= 0.3 is 0 Å². The van der Waals surface area contributed by atoms with E-state index in [4.69, 9.17) is 10.1 Å². The number of nitriles is 1. The summed E-state index contributed by atoms with van der Waals surface area (Å²) in [6, 6.07) is 13.2. The predicted octanol–water partition coefficient (Wildman–Crippen LogP) is 4.07. The van der Waals surface area contributed by atoms with Gasteiger partial charge in [0.1, 0.15) is 18.1 Å². The number of piperidine rings is 1. The van der Waals surface area contributed by atoms with E-state index < -0.39 is 11.6 Å². The van der Waals surface area contributed by atoms with Crippen LogP contribution in [0, 0.1) is 23.0 Å². The third-order valence-electron chi connectivity index (χ3n) is 6.32. The first-order chi connectivity index (χ1) is 17.6. The molecule has 0 amide bonds. The molecule has 4 heterocycles. The fourth-order valence-corrected chi connectivity index (χ4v) is 4.44. The Morgan fingerprint density at radius 3 is 2.69 bits per heavy atom. The lowest BCUT2D eigenvalue weighted by Gasteiger charge is -2.32. The molecule has 0 unspecified atom stereocenters. The molecular weight excluding hydrogens is 464 g/mol. The molecule has 0 bridgehead atoms. The van der Waals surface area contributed by atoms with Gasteiger partial charge in [0, 0.05) is 24.5 Å². The lowest BCUT2D eigenvalue weighted by molar-refractivity contribution is 0.179. The van der Waals surface area contributed by atoms with Crippen molar-refractivity contribution >= 4 is 11.4 Å². The molecule has 0 saturated carbocycles. The molecule has 8 nitrogen and oxygen atoms in total. The van der Waals surface area contributed by atoms with Gasteiger partial charge in [0.25, 0.3) is 0 Å². The Balaban J connectivity index is 1.24. The maximum atomic E-state index is 13.8. The van der Waals surface area contributed by atoms with Crippen molar-refractivity contribution in [3.8, 4) is 6.07 Å². The number of hydrogen-bond acceptors (Lipinski definition) is 7. The Morgan fingerprint density at radius 1 is 1.08 bits per heavy atom. The first-order valence-corrected chi connectivity index (χ1v) is 11.6. The van der Waals surface area contributed by atoms with E-state index in [0.717, 1.165) is 55.8 Å². The van der Waals surface area contributed by atoms with Crippen LogP contribution in [0.2, 0.25) is 0 Å². The van der Waals surface area contributed by atoms with E-state index in [2.05, 4.69) is 37.3 Å². The second kappa shape index (κ2) is 10.6. The summed E-state index contributed by atoms with van der Waals surface area (Å²) in [4.78, 5) is 16.2. The van der Waals surface area contributed by atoms with Crippen LogP contribution < -0.4 is 0 Å². The average molecular weight is 488 g/mol. The molecule has 1 aromatic carbocycles. The van der Waals surface area contributed by atoms with Gasteiger partial charge in [0.05, 0.1) is 5.69 Å². The van der Waals surface area contributed by atoms with E-state index in [1.54, 1.807) is 23.1 Å². The number of rotatable bonds is 7. The number of likely N-dealkylation sites (tertiary alicyclic amines) is 1. The van der Waals surface area contributed by atoms with Gasteiger partial charge in [-0.25, -0.2) is 18.3 Å². The highest BCUT2D eigenvalue weighted by atomic mass is 19.2. The number of benzene rings is 1. The van der Waals surface area contributed by atoms with Crippen molar-refractivity contribution in [2.75, 3.05) is 19.7 Å². The van der Waals surface area contributed by atoms with Crippen molar-refractivity contribution in [1.29, 1.82) is 5.26 Å². The third-order valence-corrected chi connectivity index (χ3v) is 6.32. The van der Waals surface area contributed by atoms with Crippen LogP contribution >= 0.6 is 0 Å². The molecule has 0 spiro atoms. The number of halogens is 2. The number of hydrogen-bond donors (Lipinski definition) is 0. The molecule has 1 fully saturated rings. The quantitative estimate of drug-likeness (QED) is 0.222. The van der Waals surface area contributed by atoms with Crippen molar-refractivity contribution in [2.24, 2.45) is 5.16 Å². The SMILES string of the molecule is N#CCO/N=C(\c1ccc(F)c(F)c1)c1ccc(CN2CCC(c3ccn4ncnc4c3)CC2)cn1. The maximum Gasteiger partial charge on any atom is 0.202 e. The van der Waals surface area contributed by atoms with Gasteiger partial charge in [-0.3, -0.25) is 9.88 Å². The van der Waals surface area contributed by atoms with Crippen LogP contribution in [0.3, 0.4) is 0 Å². The summed E-state index contributed by atoms with van der Waals surface area (Å²) in [6.07, 6.45) is 7.38. The fourth-order valence-electron chi connectivity index (χ4n) is 4.44. The van der Waals surface area contributed by atoms with Crippen molar-refractivity contribution in [2.45, 2.75) is 25.3 Å². The molecule has 0 radical (unpaired) electrons. The summed E-state index contributed by atoms with van der Waals surface area (Å²) in [5.74, 6) is -1.46. The summed E-state index contributed by atoms with van der Waals surface area (Å²) in [5, 5.41) is 16.8. The number of fused-ring (bicyclic) bond motifs is 1. The number of pyridine rings is 2. The van der Waals surface area contributed by atoms with Crippen molar-refractivity contribution in [1.82, 2.24) is 24.5 Å². The Labute approximate surface area is 206 Å². The van der Waals surface area contributed by atoms with Gasteiger partial charge in [0.15, 0.2) is 17.3 Å². The summed E-state index contributed by atoms with van der Waals surface area (Å²) in [5.41, 5.74) is 4.16. The smallest absolute Gasteiger partial charge is 0.202 e. The Kier molecular flexibility index (Phi) is 6.91. The van der Waals surface area contributed by atoms with Crippen LogP contribution in [0.15, 0.2) is 66.3 Å². The highest BCUT2D eigenvalue weighted by Crippen LogP contribution is 2.29. The normalized spacial score (nSPS) is 15.2. The zero-order valence-corrected chi connectivity index (χ0v) is 19.4. The number of nitrogens with zero attached hydrogens (tertiary/aromatic N) is 7. The van der Waals surface area contributed by atoms with Crippen molar-refractivity contribution in [3.63, 3.8) is 0 Å².